The molecule has 192 valence electrons. The van der Waals surface area contributed by atoms with Gasteiger partial charge in [-0.25, -0.2) is 15.0 Å². The van der Waals surface area contributed by atoms with Gasteiger partial charge in [0.1, 0.15) is 30.7 Å². The van der Waals surface area contributed by atoms with Gasteiger partial charge in [-0.2, -0.15) is 26.3 Å². The van der Waals surface area contributed by atoms with Crippen LogP contribution in [0.4, 0.5) is 32.2 Å². The Kier molecular flexibility index (Phi) is 7.74. The predicted molar refractivity (Wildman–Crippen MR) is 105 cm³/mol. The number of anilines is 1. The number of halogens is 6. The molecule has 0 unspecified atom stereocenters. The second-order valence-corrected chi connectivity index (χ2v) is 9.90. The zero-order valence-electron chi connectivity index (χ0n) is 16.7. The van der Waals surface area contributed by atoms with Crippen molar-refractivity contribution in [2.75, 3.05) is 18.5 Å². The van der Waals surface area contributed by atoms with E-state index in [1.165, 1.54) is 0 Å². The van der Waals surface area contributed by atoms with Crippen molar-refractivity contribution < 1.29 is 55.6 Å². The zero-order chi connectivity index (χ0) is 25.5. The van der Waals surface area contributed by atoms with Crippen molar-refractivity contribution in [3.8, 4) is 0 Å². The number of aliphatic hydroxyl groups excluding tert-OH is 2. The van der Waals surface area contributed by atoms with Crippen LogP contribution in [0.25, 0.3) is 11.2 Å². The number of fused-ring (bicyclic) bond motifs is 1. The number of aliphatic hydroxyl groups is 2. The van der Waals surface area contributed by atoms with E-state index in [2.05, 4.69) is 31.3 Å². The van der Waals surface area contributed by atoms with Crippen LogP contribution in [0.3, 0.4) is 0 Å². The minimum atomic E-state index is -4.67. The van der Waals surface area contributed by atoms with Crippen LogP contribution in [0.5, 0.6) is 0 Å². The molecule has 4 atom stereocenters. The summed E-state index contributed by atoms with van der Waals surface area (Å²) < 4.78 is 87.0. The molecule has 0 amide bonds. The Morgan fingerprint density at radius 2 is 1.79 bits per heavy atom. The van der Waals surface area contributed by atoms with Gasteiger partial charge in [-0.15, -0.1) is 0 Å². The van der Waals surface area contributed by atoms with E-state index in [-0.39, 0.29) is 11.2 Å². The van der Waals surface area contributed by atoms with Crippen molar-refractivity contribution in [2.45, 2.75) is 49.7 Å². The minimum Gasteiger partial charge on any atom is -0.387 e. The van der Waals surface area contributed by atoms with Gasteiger partial charge in [-0.1, -0.05) is 0 Å². The molecule has 34 heavy (non-hydrogen) atoms. The number of hydrogen-bond acceptors (Lipinski definition) is 9. The Hall–Kier alpha value is -1.66. The first-order valence-corrected chi connectivity index (χ1v) is 12.0. The molecule has 0 aliphatic carbocycles. The van der Waals surface area contributed by atoms with Gasteiger partial charge in [0.25, 0.3) is 0 Å². The van der Waals surface area contributed by atoms with E-state index in [9.17, 15) is 36.6 Å². The molecule has 2 aromatic rings. The van der Waals surface area contributed by atoms with Gasteiger partial charge in [0.15, 0.2) is 23.2 Å². The highest BCUT2D eigenvalue weighted by Crippen LogP contribution is 2.39. The van der Waals surface area contributed by atoms with Crippen LogP contribution in [0.1, 0.15) is 18.5 Å². The molecule has 0 bridgehead atoms. The summed E-state index contributed by atoms with van der Waals surface area (Å²) >= 11 is 4.29. The molecule has 1 saturated heterocycles. The zero-order valence-corrected chi connectivity index (χ0v) is 18.4. The van der Waals surface area contributed by atoms with E-state index in [0.29, 0.717) is 0 Å². The van der Waals surface area contributed by atoms with Crippen LogP contribution in [0.15, 0.2) is 6.33 Å². The Labute approximate surface area is 191 Å². The number of imidazole rings is 1. The molecule has 0 radical (unpaired) electrons. The molecule has 11 nitrogen and oxygen atoms in total. The number of aromatic nitrogens is 4. The van der Waals surface area contributed by atoms with Gasteiger partial charge in [0.2, 0.25) is 0 Å². The maximum atomic E-state index is 12.7. The SMILES string of the molecule is O[C@@H]1[C@H](O)[C@@H](COP(O)(O)=S)O[C@H]1n1cnc2c(NCC(F)(F)F)nc(CCC(F)(F)F)nc21. The summed E-state index contributed by atoms with van der Waals surface area (Å²) in [6.07, 6.45) is -16.4. The maximum absolute atomic E-state index is 12.7. The summed E-state index contributed by atoms with van der Waals surface area (Å²) in [4.78, 5) is 29.8. The molecule has 1 fully saturated rings. The largest absolute Gasteiger partial charge is 0.405 e. The third-order valence-electron chi connectivity index (χ3n) is 4.57. The molecule has 0 aromatic carbocycles. The van der Waals surface area contributed by atoms with E-state index >= 15 is 0 Å². The number of rotatable bonds is 8. The van der Waals surface area contributed by atoms with Gasteiger partial charge in [-0.05, 0) is 11.8 Å². The Morgan fingerprint density at radius 3 is 2.38 bits per heavy atom. The molecular formula is C15H18F6N5O6PS. The van der Waals surface area contributed by atoms with Crippen LogP contribution in [0.2, 0.25) is 0 Å². The number of hydrogen-bond donors (Lipinski definition) is 5. The standard InChI is InChI=1S/C15H18F6N5O6PS/c16-14(17,18)2-1-7-24-11(22-4-15(19,20)21)8-12(25-7)26(5-23-8)13-10(28)9(27)6(32-13)3-31-33(29,30)34/h5-6,9-10,13,27-28H,1-4H2,(H,22,24,25)(H2,29,30,34)/t6-,9-,10-,13-/m1/s1. The van der Waals surface area contributed by atoms with Gasteiger partial charge in [-0.3, -0.25) is 4.57 Å². The highest BCUT2D eigenvalue weighted by atomic mass is 32.5. The Morgan fingerprint density at radius 1 is 1.12 bits per heavy atom. The van der Waals surface area contributed by atoms with Crippen molar-refractivity contribution in [3.05, 3.63) is 12.2 Å². The first-order chi connectivity index (χ1) is 15.5. The number of nitrogens with one attached hydrogen (secondary N) is 1. The molecule has 19 heteroatoms. The molecule has 0 saturated carbocycles. The number of alkyl halides is 6. The van der Waals surface area contributed by atoms with Gasteiger partial charge < -0.3 is 34.6 Å². The third kappa shape index (κ3) is 6.94. The summed E-state index contributed by atoms with van der Waals surface area (Å²) in [5.41, 5.74) is -0.532. The van der Waals surface area contributed by atoms with Crippen LogP contribution < -0.4 is 5.32 Å². The fourth-order valence-corrected chi connectivity index (χ4v) is 3.61. The fraction of sp³-hybridized carbons (Fsp3) is 0.667. The van der Waals surface area contributed by atoms with Crippen molar-refractivity contribution in [1.82, 2.24) is 19.5 Å². The van der Waals surface area contributed by atoms with Crippen molar-refractivity contribution >= 4 is 35.5 Å². The molecule has 1 aliphatic heterocycles. The lowest BCUT2D eigenvalue weighted by molar-refractivity contribution is -0.134. The van der Waals surface area contributed by atoms with Gasteiger partial charge in [0, 0.05) is 6.42 Å². The topological polar surface area (TPSA) is 155 Å². The highest BCUT2D eigenvalue weighted by Gasteiger charge is 2.45. The molecule has 5 N–H and O–H groups in total. The summed E-state index contributed by atoms with van der Waals surface area (Å²) in [6, 6.07) is 0. The molecular weight excluding hydrogens is 523 g/mol. The normalized spacial score (nSPS) is 24.2. The molecule has 1 aliphatic rings. The van der Waals surface area contributed by atoms with Crippen LogP contribution in [-0.4, -0.2) is 83.3 Å². The van der Waals surface area contributed by atoms with Crippen LogP contribution in [0, 0.1) is 0 Å². The Bertz CT molecular complexity index is 1060. The van der Waals surface area contributed by atoms with Crippen molar-refractivity contribution in [2.24, 2.45) is 0 Å². The monoisotopic (exact) mass is 541 g/mol. The average molecular weight is 541 g/mol. The second-order valence-electron chi connectivity index (χ2n) is 7.23. The molecule has 3 heterocycles. The van der Waals surface area contributed by atoms with Gasteiger partial charge >= 0.3 is 19.1 Å². The first kappa shape index (κ1) is 26.9. The van der Waals surface area contributed by atoms with Crippen LogP contribution in [-0.2, 0) is 27.5 Å². The number of aryl methyl sites for hydroxylation is 1. The number of ether oxygens (including phenoxy) is 1. The van der Waals surface area contributed by atoms with Gasteiger partial charge in [0.05, 0.1) is 19.4 Å². The van der Waals surface area contributed by atoms with E-state index < -0.39 is 81.2 Å². The van der Waals surface area contributed by atoms with Crippen molar-refractivity contribution in [1.29, 1.82) is 0 Å². The van der Waals surface area contributed by atoms with E-state index in [1.54, 1.807) is 0 Å². The lowest BCUT2D eigenvalue weighted by Gasteiger charge is -2.17. The first-order valence-electron chi connectivity index (χ1n) is 9.36. The summed E-state index contributed by atoms with van der Waals surface area (Å²) in [5.74, 6) is -0.946. The van der Waals surface area contributed by atoms with E-state index in [0.717, 1.165) is 10.9 Å². The summed E-state index contributed by atoms with van der Waals surface area (Å²) in [6.45, 7) is -6.30. The average Bonchev–Trinajstić information content (AvgIpc) is 3.23. The molecule has 0 spiro atoms. The third-order valence-corrected chi connectivity index (χ3v) is 5.38. The lowest BCUT2D eigenvalue weighted by atomic mass is 10.1. The fourth-order valence-electron chi connectivity index (χ4n) is 3.09. The molecule has 3 rings (SSSR count). The molecule has 2 aromatic heterocycles. The number of nitrogens with zero attached hydrogens (tertiary/aromatic N) is 4. The predicted octanol–water partition coefficient (Wildman–Crippen LogP) is 1.14. The maximum Gasteiger partial charge on any atom is 0.405 e. The van der Waals surface area contributed by atoms with E-state index in [1.807, 2.05) is 5.32 Å². The van der Waals surface area contributed by atoms with E-state index in [4.69, 9.17) is 14.5 Å². The second kappa shape index (κ2) is 9.77. The lowest BCUT2D eigenvalue weighted by Crippen LogP contribution is -2.33. The summed E-state index contributed by atoms with van der Waals surface area (Å²) in [5, 5.41) is 22.5. The van der Waals surface area contributed by atoms with Crippen molar-refractivity contribution in [3.63, 3.8) is 0 Å². The quantitative estimate of drug-likeness (QED) is 0.241. The van der Waals surface area contributed by atoms with Crippen LogP contribution >= 0.6 is 6.72 Å². The minimum absolute atomic E-state index is 0.258. The summed E-state index contributed by atoms with van der Waals surface area (Å²) in [7, 11) is 0. The highest BCUT2D eigenvalue weighted by molar-refractivity contribution is 8.06. The smallest absolute Gasteiger partial charge is 0.387 e. The Balaban J connectivity index is 1.95.